The average molecular weight is 262 g/mol. The number of hydrogen-bond donors (Lipinski definition) is 0. The number of methoxy groups -OCH3 is 1. The van der Waals surface area contributed by atoms with Gasteiger partial charge >= 0.3 is 24.8 Å². The predicted octanol–water partition coefficient (Wildman–Crippen LogP) is -0.847. The summed E-state index contributed by atoms with van der Waals surface area (Å²) in [5.41, 5.74) is -1.45. The fraction of sp³-hybridized carbons (Fsp3) is 0.643. The van der Waals surface area contributed by atoms with Crippen LogP contribution in [0.1, 0.15) is 41.5 Å². The van der Waals surface area contributed by atoms with Crippen LogP contribution in [0.25, 0.3) is 0 Å². The van der Waals surface area contributed by atoms with Gasteiger partial charge in [-0.3, -0.25) is 0 Å². The van der Waals surface area contributed by atoms with Crippen LogP contribution in [-0.2, 0) is 14.3 Å². The Kier molecular flexibility index (Phi) is 8.26. The minimum absolute atomic E-state index is 0. The Morgan fingerprint density at radius 2 is 1.63 bits per heavy atom. The monoisotopic (exact) mass is 262 g/mol. The van der Waals surface area contributed by atoms with Gasteiger partial charge < -0.3 is 14.6 Å². The smallest absolute Gasteiger partial charge is 0.875 e. The number of carbonyl (C=O) groups excluding carboxylic acids is 1. The molecule has 0 radical (unpaired) electrons. The zero-order chi connectivity index (χ0) is 14.6. The Morgan fingerprint density at radius 3 is 1.95 bits per heavy atom. The van der Waals surface area contributed by atoms with E-state index < -0.39 is 17.0 Å². The van der Waals surface area contributed by atoms with Crippen LogP contribution in [0.2, 0.25) is 0 Å². The zero-order valence-electron chi connectivity index (χ0n) is 13.3. The van der Waals surface area contributed by atoms with Gasteiger partial charge in [-0.25, -0.2) is 4.79 Å². The Balaban J connectivity index is 0. The van der Waals surface area contributed by atoms with Gasteiger partial charge in [-0.2, -0.15) is 0 Å². The van der Waals surface area contributed by atoms with Crippen molar-refractivity contribution >= 4 is 5.97 Å². The van der Waals surface area contributed by atoms with E-state index in [1.807, 2.05) is 0 Å². The molecule has 5 heteroatoms. The number of hydrogen-bond acceptors (Lipinski definition) is 4. The van der Waals surface area contributed by atoms with Crippen molar-refractivity contribution in [2.24, 2.45) is 5.41 Å². The second-order valence-electron chi connectivity index (χ2n) is 5.52. The van der Waals surface area contributed by atoms with E-state index in [1.54, 1.807) is 41.5 Å². The first-order chi connectivity index (χ1) is 8.04. The number of esters is 1. The number of carbonyl (C=O) groups is 1. The summed E-state index contributed by atoms with van der Waals surface area (Å²) in [5.74, 6) is -0.338. The molecule has 19 heavy (non-hydrogen) atoms. The molecule has 0 saturated carbocycles. The molecule has 0 spiro atoms. The van der Waals surface area contributed by atoms with Crippen molar-refractivity contribution < 1.29 is 38.2 Å². The molecule has 0 rings (SSSR count). The van der Waals surface area contributed by atoms with E-state index in [2.05, 4.69) is 0 Å². The predicted molar refractivity (Wildman–Crippen MR) is 68.5 cm³/mol. The minimum atomic E-state index is -0.875. The molecule has 0 aromatic rings. The van der Waals surface area contributed by atoms with Gasteiger partial charge in [-0.15, -0.1) is 5.76 Å². The van der Waals surface area contributed by atoms with Crippen molar-refractivity contribution in [1.82, 2.24) is 0 Å². The first-order valence-corrected chi connectivity index (χ1v) is 5.87. The van der Waals surface area contributed by atoms with E-state index in [0.29, 0.717) is 5.76 Å². The molecule has 0 aliphatic heterocycles. The van der Waals surface area contributed by atoms with Crippen LogP contribution in [0.4, 0.5) is 0 Å². The number of rotatable bonds is 4. The van der Waals surface area contributed by atoms with Gasteiger partial charge in [0.05, 0.1) is 13.2 Å². The fourth-order valence-corrected chi connectivity index (χ4v) is 1.42. The Labute approximate surface area is 128 Å². The summed E-state index contributed by atoms with van der Waals surface area (Å²) < 4.78 is 10.3. The van der Waals surface area contributed by atoms with Crippen molar-refractivity contribution in [3.05, 3.63) is 23.7 Å². The van der Waals surface area contributed by atoms with Gasteiger partial charge in [0.15, 0.2) is 0 Å². The van der Waals surface area contributed by atoms with Crippen LogP contribution >= 0.6 is 0 Å². The summed E-state index contributed by atoms with van der Waals surface area (Å²) in [6.45, 7) is 10.4. The average Bonchev–Trinajstić information content (AvgIpc) is 2.21. The standard InChI is InChI=1S/C14H24O4.Li/c1-8-10(15)14(5,6)11(17-7)9-12(16)18-13(2,3)4;/h8-9,15H,1-7H3;/q;+1/p-1/b10-8-,11-9-;. The molecule has 0 aromatic heterocycles. The molecule has 0 unspecified atom stereocenters. The molecule has 0 aromatic carbocycles. The molecule has 0 amide bonds. The molecule has 0 fully saturated rings. The number of allylic oxidation sites excluding steroid dienone is 1. The minimum Gasteiger partial charge on any atom is -0.875 e. The quantitative estimate of drug-likeness (QED) is 0.287. The third kappa shape index (κ3) is 6.75. The van der Waals surface area contributed by atoms with Crippen LogP contribution in [0.3, 0.4) is 0 Å². The van der Waals surface area contributed by atoms with E-state index in [9.17, 15) is 9.90 Å². The summed E-state index contributed by atoms with van der Waals surface area (Å²) in [5, 5.41) is 11.8. The Hall–Kier alpha value is -0.853. The van der Waals surface area contributed by atoms with Crippen LogP contribution in [0.5, 0.6) is 0 Å². The van der Waals surface area contributed by atoms with Crippen LogP contribution < -0.4 is 24.0 Å². The maximum absolute atomic E-state index is 11.8. The molecule has 104 valence electrons. The maximum Gasteiger partial charge on any atom is 1.00 e. The third-order valence-corrected chi connectivity index (χ3v) is 2.37. The summed E-state index contributed by atoms with van der Waals surface area (Å²) in [4.78, 5) is 11.7. The molecular weight excluding hydrogens is 239 g/mol. The SMILES string of the molecule is C/C=C(\[O-])C(C)(C)/C(=C/C(=O)OC(C)(C)C)OC.[Li+]. The van der Waals surface area contributed by atoms with E-state index >= 15 is 0 Å². The van der Waals surface area contributed by atoms with Gasteiger partial charge in [-0.05, 0) is 41.5 Å². The largest absolute Gasteiger partial charge is 1.00 e. The molecular formula is C14H23LiO4. The summed E-state index contributed by atoms with van der Waals surface area (Å²) in [7, 11) is 1.43. The zero-order valence-corrected chi connectivity index (χ0v) is 13.3. The fourth-order valence-electron chi connectivity index (χ4n) is 1.42. The van der Waals surface area contributed by atoms with Gasteiger partial charge in [-0.1, -0.05) is 6.08 Å². The summed E-state index contributed by atoms with van der Waals surface area (Å²) in [6.07, 6.45) is 2.69. The first kappa shape index (κ1) is 20.5. The van der Waals surface area contributed by atoms with E-state index in [4.69, 9.17) is 9.47 Å². The van der Waals surface area contributed by atoms with Gasteiger partial charge in [0.2, 0.25) is 0 Å². The normalized spacial score (nSPS) is 13.6. The summed E-state index contributed by atoms with van der Waals surface area (Å²) >= 11 is 0. The molecule has 0 aliphatic carbocycles. The molecule has 4 nitrogen and oxygen atoms in total. The van der Waals surface area contributed by atoms with Gasteiger partial charge in [0, 0.05) is 5.41 Å². The molecule has 0 atom stereocenters. The van der Waals surface area contributed by atoms with E-state index in [0.717, 1.165) is 0 Å². The van der Waals surface area contributed by atoms with Crippen molar-refractivity contribution in [2.75, 3.05) is 7.11 Å². The third-order valence-electron chi connectivity index (χ3n) is 2.37. The summed E-state index contributed by atoms with van der Waals surface area (Å²) in [6, 6.07) is 0. The number of ether oxygens (including phenoxy) is 2. The first-order valence-electron chi connectivity index (χ1n) is 5.87. The van der Waals surface area contributed by atoms with Gasteiger partial charge in [0.25, 0.3) is 0 Å². The van der Waals surface area contributed by atoms with Crippen molar-refractivity contribution in [2.45, 2.75) is 47.1 Å². The van der Waals surface area contributed by atoms with Crippen LogP contribution in [0.15, 0.2) is 23.7 Å². The van der Waals surface area contributed by atoms with E-state index in [-0.39, 0.29) is 24.6 Å². The van der Waals surface area contributed by atoms with Crippen LogP contribution in [-0.4, -0.2) is 18.7 Å². The molecule has 0 heterocycles. The molecule has 0 N–H and O–H groups in total. The second-order valence-corrected chi connectivity index (χ2v) is 5.52. The molecule has 0 saturated heterocycles. The topological polar surface area (TPSA) is 58.6 Å². The molecule has 0 bridgehead atoms. The van der Waals surface area contributed by atoms with E-state index in [1.165, 1.54) is 19.3 Å². The van der Waals surface area contributed by atoms with Crippen molar-refractivity contribution in [1.29, 1.82) is 0 Å². The van der Waals surface area contributed by atoms with Crippen molar-refractivity contribution in [3.8, 4) is 0 Å². The van der Waals surface area contributed by atoms with Crippen molar-refractivity contribution in [3.63, 3.8) is 0 Å². The Bertz CT molecular complexity index is 362. The second kappa shape index (κ2) is 7.67. The Morgan fingerprint density at radius 1 is 1.16 bits per heavy atom. The molecule has 0 aliphatic rings. The van der Waals surface area contributed by atoms with Gasteiger partial charge in [0.1, 0.15) is 11.4 Å². The maximum atomic E-state index is 11.8. The van der Waals surface area contributed by atoms with Crippen LogP contribution in [0, 0.1) is 5.41 Å².